The summed E-state index contributed by atoms with van der Waals surface area (Å²) in [4.78, 5) is 33.5. The Bertz CT molecular complexity index is 1120. The van der Waals surface area contributed by atoms with Gasteiger partial charge in [-0.25, -0.2) is 4.68 Å². The summed E-state index contributed by atoms with van der Waals surface area (Å²) in [6, 6.07) is 16.0. The number of aryl methyl sites for hydroxylation is 2. The molecule has 3 aromatic rings. The fourth-order valence-corrected chi connectivity index (χ4v) is 4.47. The van der Waals surface area contributed by atoms with Crippen LogP contribution in [-0.4, -0.2) is 56.5 Å². The number of carbonyl (C=O) groups excluding carboxylic acids is 2. The number of hydrogen-bond donors (Lipinski definition) is 0. The zero-order valence-corrected chi connectivity index (χ0v) is 19.6. The second-order valence-corrected chi connectivity index (χ2v) is 8.85. The summed E-state index contributed by atoms with van der Waals surface area (Å²) >= 11 is 0. The van der Waals surface area contributed by atoms with Gasteiger partial charge in [0.25, 0.3) is 0 Å². The van der Waals surface area contributed by atoms with Crippen LogP contribution in [0.2, 0.25) is 0 Å². The van der Waals surface area contributed by atoms with Crippen molar-refractivity contribution in [1.29, 1.82) is 0 Å². The predicted molar refractivity (Wildman–Crippen MR) is 127 cm³/mol. The quantitative estimate of drug-likeness (QED) is 0.559. The van der Waals surface area contributed by atoms with Crippen molar-refractivity contribution >= 4 is 11.8 Å². The second kappa shape index (κ2) is 9.98. The normalized spacial score (nSPS) is 16.2. The van der Waals surface area contributed by atoms with Gasteiger partial charge in [-0.1, -0.05) is 18.2 Å². The van der Waals surface area contributed by atoms with Crippen LogP contribution in [-0.2, 0) is 22.6 Å². The third-order valence-corrected chi connectivity index (χ3v) is 6.17. The number of likely N-dealkylation sites (tertiary alicyclic amines) is 1. The lowest BCUT2D eigenvalue weighted by atomic mass is 9.95. The van der Waals surface area contributed by atoms with Crippen molar-refractivity contribution in [1.82, 2.24) is 24.6 Å². The zero-order valence-electron chi connectivity index (χ0n) is 19.6. The van der Waals surface area contributed by atoms with Crippen LogP contribution in [0, 0.1) is 19.8 Å². The molecule has 1 aliphatic heterocycles. The van der Waals surface area contributed by atoms with Crippen LogP contribution in [0.1, 0.15) is 35.5 Å². The number of piperidine rings is 1. The highest BCUT2D eigenvalue weighted by Gasteiger charge is 2.31. The fourth-order valence-electron chi connectivity index (χ4n) is 4.47. The number of hydrogen-bond acceptors (Lipinski definition) is 4. The van der Waals surface area contributed by atoms with E-state index < -0.39 is 0 Å². The molecule has 0 aliphatic carbocycles. The molecule has 2 amide bonds. The summed E-state index contributed by atoms with van der Waals surface area (Å²) in [6.07, 6.45) is 3.48. The van der Waals surface area contributed by atoms with E-state index in [1.165, 1.54) is 0 Å². The Morgan fingerprint density at radius 3 is 2.73 bits per heavy atom. The van der Waals surface area contributed by atoms with Gasteiger partial charge < -0.3 is 9.80 Å². The summed E-state index contributed by atoms with van der Waals surface area (Å²) in [7, 11) is 1.84. The van der Waals surface area contributed by atoms with Crippen molar-refractivity contribution in [3.8, 4) is 5.69 Å². The number of amides is 2. The Labute approximate surface area is 195 Å². The highest BCUT2D eigenvalue weighted by Crippen LogP contribution is 2.21. The van der Waals surface area contributed by atoms with Crippen molar-refractivity contribution < 1.29 is 9.59 Å². The second-order valence-electron chi connectivity index (χ2n) is 8.85. The Balaban J connectivity index is 1.38. The minimum Gasteiger partial charge on any atom is -0.342 e. The average molecular weight is 446 g/mol. The molecule has 33 heavy (non-hydrogen) atoms. The van der Waals surface area contributed by atoms with Gasteiger partial charge in [-0.2, -0.15) is 5.10 Å². The Morgan fingerprint density at radius 2 is 2.00 bits per heavy atom. The molecule has 3 heterocycles. The van der Waals surface area contributed by atoms with Crippen LogP contribution >= 0.6 is 0 Å². The van der Waals surface area contributed by atoms with Gasteiger partial charge in [0.05, 0.1) is 17.3 Å². The molecule has 1 unspecified atom stereocenters. The minimum absolute atomic E-state index is 0.0850. The van der Waals surface area contributed by atoms with E-state index in [0.29, 0.717) is 38.9 Å². The number of carbonyl (C=O) groups is 2. The van der Waals surface area contributed by atoms with Crippen LogP contribution in [0.15, 0.2) is 54.7 Å². The van der Waals surface area contributed by atoms with Crippen molar-refractivity contribution in [2.75, 3.05) is 20.1 Å². The van der Waals surface area contributed by atoms with Crippen molar-refractivity contribution in [2.45, 2.75) is 39.7 Å². The molecule has 1 fully saturated rings. The smallest absolute Gasteiger partial charge is 0.227 e. The molecule has 1 atom stereocenters. The van der Waals surface area contributed by atoms with E-state index in [-0.39, 0.29) is 17.7 Å². The van der Waals surface area contributed by atoms with E-state index in [4.69, 9.17) is 0 Å². The maximum absolute atomic E-state index is 13.2. The highest BCUT2D eigenvalue weighted by atomic mass is 16.2. The maximum atomic E-state index is 13.2. The van der Waals surface area contributed by atoms with Crippen molar-refractivity contribution in [2.24, 2.45) is 5.92 Å². The lowest BCUT2D eigenvalue weighted by Crippen LogP contribution is -2.46. The van der Waals surface area contributed by atoms with Crippen LogP contribution in [0.4, 0.5) is 0 Å². The van der Waals surface area contributed by atoms with E-state index in [1.54, 1.807) is 11.1 Å². The summed E-state index contributed by atoms with van der Waals surface area (Å²) < 4.78 is 1.92. The Morgan fingerprint density at radius 1 is 1.15 bits per heavy atom. The van der Waals surface area contributed by atoms with Gasteiger partial charge >= 0.3 is 0 Å². The molecule has 1 aliphatic rings. The van der Waals surface area contributed by atoms with Crippen molar-refractivity contribution in [3.05, 3.63) is 77.4 Å². The topological polar surface area (TPSA) is 71.3 Å². The van der Waals surface area contributed by atoms with Crippen LogP contribution in [0.3, 0.4) is 0 Å². The molecular formula is C26H31N5O2. The molecule has 172 valence electrons. The first-order valence-corrected chi connectivity index (χ1v) is 11.5. The molecule has 0 N–H and O–H groups in total. The lowest BCUT2D eigenvalue weighted by molar-refractivity contribution is -0.142. The van der Waals surface area contributed by atoms with Crippen molar-refractivity contribution in [3.63, 3.8) is 0 Å². The van der Waals surface area contributed by atoms with Gasteiger partial charge in [-0.15, -0.1) is 0 Å². The molecule has 7 heteroatoms. The largest absolute Gasteiger partial charge is 0.342 e. The van der Waals surface area contributed by atoms with E-state index >= 15 is 0 Å². The van der Waals surface area contributed by atoms with E-state index in [9.17, 15) is 9.59 Å². The highest BCUT2D eigenvalue weighted by molar-refractivity contribution is 5.83. The first-order valence-electron chi connectivity index (χ1n) is 11.5. The molecule has 1 aromatic carbocycles. The van der Waals surface area contributed by atoms with Crippen LogP contribution in [0.5, 0.6) is 0 Å². The molecule has 1 saturated heterocycles. The number of pyridine rings is 1. The fraction of sp³-hybridized carbons (Fsp3) is 0.385. The van der Waals surface area contributed by atoms with Gasteiger partial charge in [0, 0.05) is 57.1 Å². The first kappa shape index (κ1) is 22.7. The number of aromatic nitrogens is 3. The molecule has 0 spiro atoms. The number of benzene rings is 1. The molecule has 4 rings (SSSR count). The third kappa shape index (κ3) is 5.48. The lowest BCUT2D eigenvalue weighted by Gasteiger charge is -2.34. The summed E-state index contributed by atoms with van der Waals surface area (Å²) in [5, 5.41) is 4.56. The first-order chi connectivity index (χ1) is 15.9. The van der Waals surface area contributed by atoms with Crippen LogP contribution in [0.25, 0.3) is 5.69 Å². The molecule has 2 aromatic heterocycles. The molecular weight excluding hydrogens is 414 g/mol. The molecule has 0 saturated carbocycles. The predicted octanol–water partition coefficient (Wildman–Crippen LogP) is 3.32. The molecule has 0 bridgehead atoms. The van der Waals surface area contributed by atoms with Gasteiger partial charge in [0.15, 0.2) is 0 Å². The molecule has 0 radical (unpaired) electrons. The number of nitrogens with zero attached hydrogens (tertiary/aromatic N) is 5. The maximum Gasteiger partial charge on any atom is 0.227 e. The van der Waals surface area contributed by atoms with Crippen LogP contribution < -0.4 is 0 Å². The van der Waals surface area contributed by atoms with Gasteiger partial charge in [0.1, 0.15) is 0 Å². The zero-order chi connectivity index (χ0) is 23.4. The number of rotatable bonds is 7. The minimum atomic E-state index is -0.171. The van der Waals surface area contributed by atoms with Gasteiger partial charge in [0.2, 0.25) is 11.8 Å². The Kier molecular flexibility index (Phi) is 6.87. The monoisotopic (exact) mass is 445 g/mol. The Hall–Kier alpha value is -3.48. The third-order valence-electron chi connectivity index (χ3n) is 6.17. The van der Waals surface area contributed by atoms with E-state index in [1.807, 2.05) is 72.9 Å². The SMILES string of the molecule is Cc1cc(C)n(-c2cccc(CN(C)C(=O)C3CCC(=O)N(CCc4ccccn4)C3)c2)n1. The van der Waals surface area contributed by atoms with Gasteiger partial charge in [-0.3, -0.25) is 14.6 Å². The summed E-state index contributed by atoms with van der Waals surface area (Å²) in [5.74, 6) is 0.0349. The molecule has 7 nitrogen and oxygen atoms in total. The summed E-state index contributed by atoms with van der Waals surface area (Å²) in [5.41, 5.74) is 5.05. The van der Waals surface area contributed by atoms with Gasteiger partial charge in [-0.05, 0) is 56.2 Å². The summed E-state index contributed by atoms with van der Waals surface area (Å²) in [6.45, 7) is 5.60. The standard InChI is InChI=1S/C26H31N5O2/c1-19-15-20(2)31(28-19)24-9-6-7-21(16-24)17-29(3)26(33)22-10-11-25(32)30(18-22)14-12-23-8-4-5-13-27-23/h4-9,13,15-16,22H,10-12,14,17-18H2,1-3H3. The van der Waals surface area contributed by atoms with E-state index in [0.717, 1.165) is 28.3 Å². The average Bonchev–Trinajstić information content (AvgIpc) is 3.16. The van der Waals surface area contributed by atoms with E-state index in [2.05, 4.69) is 16.1 Å².